The molecule has 0 saturated carbocycles. The monoisotopic (exact) mass is 365 g/mol. The third-order valence-corrected chi connectivity index (χ3v) is 5.22. The molecule has 0 spiro atoms. The van der Waals surface area contributed by atoms with Crippen LogP contribution in [-0.4, -0.2) is 22.0 Å². The van der Waals surface area contributed by atoms with Gasteiger partial charge >= 0.3 is 0 Å². The topological polar surface area (TPSA) is 74.1 Å². The van der Waals surface area contributed by atoms with E-state index in [1.807, 2.05) is 12.1 Å². The number of carbonyl (C=O) groups excluding carboxylic acids is 2. The second kappa shape index (κ2) is 7.71. The van der Waals surface area contributed by atoms with E-state index in [-0.39, 0.29) is 18.2 Å². The number of carbonyl (C=O) groups is 2. The van der Waals surface area contributed by atoms with Crippen molar-refractivity contribution in [2.24, 2.45) is 5.92 Å². The normalized spacial score (nSPS) is 17.0. The number of benzene rings is 1. The minimum atomic E-state index is -0.559. The van der Waals surface area contributed by atoms with Crippen LogP contribution in [0.4, 0.5) is 5.69 Å². The Hall–Kier alpha value is -2.65. The van der Waals surface area contributed by atoms with Crippen molar-refractivity contribution >= 4 is 29.3 Å². The SMILES string of the molecule is CC(C)Cc1ccc(C#N)c(S[C@H]2CC(=O)N(c3ccccc3)C2=O)n1. The highest BCUT2D eigenvalue weighted by atomic mass is 32.2. The van der Waals surface area contributed by atoms with Gasteiger partial charge in [0.05, 0.1) is 16.5 Å². The van der Waals surface area contributed by atoms with Gasteiger partial charge in [0.1, 0.15) is 11.1 Å². The van der Waals surface area contributed by atoms with Crippen LogP contribution < -0.4 is 4.90 Å². The maximum absolute atomic E-state index is 12.8. The Bertz CT molecular complexity index is 874. The lowest BCUT2D eigenvalue weighted by molar-refractivity contribution is -0.121. The van der Waals surface area contributed by atoms with Gasteiger partial charge in [-0.2, -0.15) is 5.26 Å². The van der Waals surface area contributed by atoms with Crippen molar-refractivity contribution in [3.05, 3.63) is 53.7 Å². The van der Waals surface area contributed by atoms with Crippen LogP contribution in [0.3, 0.4) is 0 Å². The van der Waals surface area contributed by atoms with E-state index in [9.17, 15) is 14.9 Å². The summed E-state index contributed by atoms with van der Waals surface area (Å²) in [6.45, 7) is 4.20. The van der Waals surface area contributed by atoms with Crippen LogP contribution in [0.15, 0.2) is 47.5 Å². The van der Waals surface area contributed by atoms with Crippen LogP contribution in [0.2, 0.25) is 0 Å². The first-order chi connectivity index (χ1) is 12.5. The maximum atomic E-state index is 12.8. The van der Waals surface area contributed by atoms with Crippen molar-refractivity contribution in [3.63, 3.8) is 0 Å². The zero-order valence-electron chi connectivity index (χ0n) is 14.7. The van der Waals surface area contributed by atoms with Crippen LogP contribution >= 0.6 is 11.8 Å². The van der Waals surface area contributed by atoms with E-state index in [0.29, 0.717) is 22.2 Å². The highest BCUT2D eigenvalue weighted by Gasteiger charge is 2.40. The number of pyridine rings is 1. The van der Waals surface area contributed by atoms with Gasteiger partial charge in [-0.05, 0) is 36.6 Å². The number of imide groups is 1. The molecule has 2 heterocycles. The number of rotatable bonds is 5. The lowest BCUT2D eigenvalue weighted by Gasteiger charge is -2.15. The number of aromatic nitrogens is 1. The van der Waals surface area contributed by atoms with E-state index in [1.54, 1.807) is 30.3 Å². The van der Waals surface area contributed by atoms with Crippen molar-refractivity contribution in [1.29, 1.82) is 5.26 Å². The number of hydrogen-bond acceptors (Lipinski definition) is 5. The molecule has 6 heteroatoms. The van der Waals surface area contributed by atoms with Crippen LogP contribution in [-0.2, 0) is 16.0 Å². The highest BCUT2D eigenvalue weighted by molar-refractivity contribution is 8.00. The molecule has 3 rings (SSSR count). The third-order valence-electron chi connectivity index (χ3n) is 4.03. The summed E-state index contributed by atoms with van der Waals surface area (Å²) in [6, 6.07) is 14.6. The number of amides is 2. The summed E-state index contributed by atoms with van der Waals surface area (Å²) in [5, 5.41) is 9.31. The number of anilines is 1. The molecule has 2 aromatic rings. The predicted molar refractivity (Wildman–Crippen MR) is 101 cm³/mol. The molecule has 1 aromatic heterocycles. The predicted octanol–water partition coefficient (Wildman–Crippen LogP) is 3.58. The zero-order valence-corrected chi connectivity index (χ0v) is 15.5. The summed E-state index contributed by atoms with van der Waals surface area (Å²) in [4.78, 5) is 30.9. The fraction of sp³-hybridized carbons (Fsp3) is 0.300. The smallest absolute Gasteiger partial charge is 0.247 e. The number of nitriles is 1. The number of thioether (sulfide) groups is 1. The third kappa shape index (κ3) is 3.78. The second-order valence-electron chi connectivity index (χ2n) is 6.58. The lowest BCUT2D eigenvalue weighted by Crippen LogP contribution is -2.31. The molecule has 2 amide bonds. The minimum absolute atomic E-state index is 0.110. The Morgan fingerprint density at radius 2 is 1.96 bits per heavy atom. The number of para-hydroxylation sites is 1. The molecule has 1 aliphatic heterocycles. The van der Waals surface area contributed by atoms with Crippen molar-refractivity contribution in [1.82, 2.24) is 4.98 Å². The van der Waals surface area contributed by atoms with E-state index in [0.717, 1.165) is 12.1 Å². The molecule has 26 heavy (non-hydrogen) atoms. The average molecular weight is 365 g/mol. The summed E-state index contributed by atoms with van der Waals surface area (Å²) in [7, 11) is 0. The molecule has 0 bridgehead atoms. The summed E-state index contributed by atoms with van der Waals surface area (Å²) >= 11 is 1.21. The van der Waals surface area contributed by atoms with E-state index < -0.39 is 5.25 Å². The van der Waals surface area contributed by atoms with Crippen LogP contribution in [0.1, 0.15) is 31.5 Å². The van der Waals surface area contributed by atoms with Crippen molar-refractivity contribution in [2.45, 2.75) is 37.0 Å². The van der Waals surface area contributed by atoms with Gasteiger partial charge in [-0.15, -0.1) is 0 Å². The minimum Gasteiger partial charge on any atom is -0.274 e. The molecule has 1 saturated heterocycles. The van der Waals surface area contributed by atoms with Gasteiger partial charge in [0, 0.05) is 12.1 Å². The van der Waals surface area contributed by atoms with E-state index in [4.69, 9.17) is 0 Å². The Morgan fingerprint density at radius 3 is 2.62 bits per heavy atom. The highest BCUT2D eigenvalue weighted by Crippen LogP contribution is 2.34. The first-order valence-electron chi connectivity index (χ1n) is 8.48. The molecule has 0 unspecified atom stereocenters. The molecule has 1 aliphatic rings. The Kier molecular flexibility index (Phi) is 5.38. The summed E-state index contributed by atoms with van der Waals surface area (Å²) in [5.41, 5.74) is 1.90. The standard InChI is InChI=1S/C20H19N3O2S/c1-13(2)10-15-9-8-14(12-21)19(22-15)26-17-11-18(24)23(20(17)25)16-6-4-3-5-7-16/h3-9,13,17H,10-11H2,1-2H3/t17-/m0/s1. The summed E-state index contributed by atoms with van der Waals surface area (Å²) in [5.74, 6) is -0.0433. The number of hydrogen-bond donors (Lipinski definition) is 0. The largest absolute Gasteiger partial charge is 0.274 e. The number of nitrogens with zero attached hydrogens (tertiary/aromatic N) is 3. The van der Waals surface area contributed by atoms with Gasteiger partial charge in [-0.1, -0.05) is 43.8 Å². The molecule has 5 nitrogen and oxygen atoms in total. The fourth-order valence-corrected chi connectivity index (χ4v) is 3.98. The molecule has 1 aromatic carbocycles. The van der Waals surface area contributed by atoms with Crippen LogP contribution in [0, 0.1) is 17.2 Å². The van der Waals surface area contributed by atoms with Gasteiger partial charge in [0.25, 0.3) is 0 Å². The fourth-order valence-electron chi connectivity index (χ4n) is 2.86. The molecule has 0 radical (unpaired) electrons. The van der Waals surface area contributed by atoms with Gasteiger partial charge in [-0.3, -0.25) is 9.59 Å². The molecule has 1 fully saturated rings. The molecule has 0 N–H and O–H groups in total. The molecular weight excluding hydrogens is 346 g/mol. The van der Waals surface area contributed by atoms with Gasteiger partial charge in [-0.25, -0.2) is 9.88 Å². The van der Waals surface area contributed by atoms with Crippen molar-refractivity contribution in [3.8, 4) is 6.07 Å². The Labute approximate surface area is 157 Å². The summed E-state index contributed by atoms with van der Waals surface area (Å²) in [6.07, 6.45) is 0.909. The Morgan fingerprint density at radius 1 is 1.23 bits per heavy atom. The first-order valence-corrected chi connectivity index (χ1v) is 9.36. The second-order valence-corrected chi connectivity index (χ2v) is 7.77. The molecular formula is C20H19N3O2S. The maximum Gasteiger partial charge on any atom is 0.247 e. The van der Waals surface area contributed by atoms with Crippen molar-refractivity contribution in [2.75, 3.05) is 4.90 Å². The van der Waals surface area contributed by atoms with Gasteiger partial charge < -0.3 is 0 Å². The Balaban J connectivity index is 1.84. The average Bonchev–Trinajstić information content (AvgIpc) is 2.89. The zero-order chi connectivity index (χ0) is 18.7. The van der Waals surface area contributed by atoms with E-state index in [2.05, 4.69) is 24.9 Å². The van der Waals surface area contributed by atoms with E-state index >= 15 is 0 Å². The van der Waals surface area contributed by atoms with Crippen molar-refractivity contribution < 1.29 is 9.59 Å². The quantitative estimate of drug-likeness (QED) is 0.757. The van der Waals surface area contributed by atoms with Gasteiger partial charge in [0.2, 0.25) is 11.8 Å². The van der Waals surface area contributed by atoms with E-state index in [1.165, 1.54) is 16.7 Å². The van der Waals surface area contributed by atoms with Crippen LogP contribution in [0.5, 0.6) is 0 Å². The summed E-state index contributed by atoms with van der Waals surface area (Å²) < 4.78 is 0. The first kappa shape index (κ1) is 18.2. The lowest BCUT2D eigenvalue weighted by atomic mass is 10.1. The molecule has 132 valence electrons. The van der Waals surface area contributed by atoms with Gasteiger partial charge in [0.15, 0.2) is 0 Å². The molecule has 0 aliphatic carbocycles. The van der Waals surface area contributed by atoms with Crippen LogP contribution in [0.25, 0.3) is 0 Å². The molecule has 1 atom stereocenters.